The van der Waals surface area contributed by atoms with Crippen molar-refractivity contribution in [1.29, 1.82) is 0 Å². The first-order valence-electron chi connectivity index (χ1n) is 3.96. The van der Waals surface area contributed by atoms with Gasteiger partial charge in [-0.25, -0.2) is 0 Å². The van der Waals surface area contributed by atoms with E-state index in [1.54, 1.807) is 0 Å². The van der Waals surface area contributed by atoms with Crippen LogP contribution in [0.25, 0.3) is 0 Å². The van der Waals surface area contributed by atoms with Crippen molar-refractivity contribution in [2.75, 3.05) is 0 Å². The summed E-state index contributed by atoms with van der Waals surface area (Å²) in [5, 5.41) is 0. The molecule has 0 N–H and O–H groups in total. The Hall–Kier alpha value is -0.430. The Morgan fingerprint density at radius 1 is 1.45 bits per heavy atom. The van der Waals surface area contributed by atoms with Crippen LogP contribution in [-0.2, 0) is 0 Å². The van der Waals surface area contributed by atoms with Crippen LogP contribution in [0.4, 0.5) is 0 Å². The molecular formula is C10H12S. The van der Waals surface area contributed by atoms with Crippen molar-refractivity contribution in [3.8, 4) is 0 Å². The minimum Gasteiger partial charge on any atom is -0.115 e. The van der Waals surface area contributed by atoms with Gasteiger partial charge >= 0.3 is 0 Å². The molecule has 0 radical (unpaired) electrons. The molecule has 0 unspecified atom stereocenters. The molecule has 0 amide bonds. The zero-order chi connectivity index (χ0) is 7.90. The first kappa shape index (κ1) is 7.23. The summed E-state index contributed by atoms with van der Waals surface area (Å²) in [7, 11) is 0. The van der Waals surface area contributed by atoms with E-state index in [0.717, 1.165) is 6.42 Å². The number of thioether (sulfide) groups is 1. The van der Waals surface area contributed by atoms with E-state index in [1.807, 2.05) is 11.8 Å². The van der Waals surface area contributed by atoms with Crippen molar-refractivity contribution in [2.24, 2.45) is 0 Å². The van der Waals surface area contributed by atoms with Crippen molar-refractivity contribution >= 4 is 11.8 Å². The number of fused-ring (bicyclic) bond motifs is 1. The van der Waals surface area contributed by atoms with Gasteiger partial charge in [0.05, 0.1) is 0 Å². The second kappa shape index (κ2) is 2.28. The standard InChI is InChI=1S/C10H12S/c1-10(2)7-8-5-3-4-6-9(8)11-10/h3,5-7H,4H2,1-2H3. The van der Waals surface area contributed by atoms with E-state index in [9.17, 15) is 0 Å². The predicted molar refractivity (Wildman–Crippen MR) is 51.6 cm³/mol. The lowest BCUT2D eigenvalue weighted by Gasteiger charge is -2.12. The molecule has 0 fully saturated rings. The molecule has 0 nitrogen and oxygen atoms in total. The summed E-state index contributed by atoms with van der Waals surface area (Å²) in [6, 6.07) is 0. The van der Waals surface area contributed by atoms with Gasteiger partial charge in [-0.15, -0.1) is 11.8 Å². The Labute approximate surface area is 72.1 Å². The van der Waals surface area contributed by atoms with Gasteiger partial charge < -0.3 is 0 Å². The third kappa shape index (κ3) is 1.30. The summed E-state index contributed by atoms with van der Waals surface area (Å²) in [5.41, 5.74) is 1.42. The van der Waals surface area contributed by atoms with Gasteiger partial charge in [0.15, 0.2) is 0 Å². The molecule has 11 heavy (non-hydrogen) atoms. The summed E-state index contributed by atoms with van der Waals surface area (Å²) in [6.07, 6.45) is 10.2. The molecule has 0 aromatic heterocycles. The Balaban J connectivity index is 2.38. The van der Waals surface area contributed by atoms with E-state index >= 15 is 0 Å². The molecule has 1 aliphatic carbocycles. The summed E-state index contributed by atoms with van der Waals surface area (Å²) in [5.74, 6) is 0. The predicted octanol–water partition coefficient (Wildman–Crippen LogP) is 3.28. The minimum atomic E-state index is 0.315. The average Bonchev–Trinajstić information content (AvgIpc) is 2.21. The van der Waals surface area contributed by atoms with E-state index in [1.165, 1.54) is 10.5 Å². The van der Waals surface area contributed by atoms with Crippen molar-refractivity contribution in [2.45, 2.75) is 25.0 Å². The van der Waals surface area contributed by atoms with E-state index in [0.29, 0.717) is 4.75 Å². The van der Waals surface area contributed by atoms with Gasteiger partial charge in [0.1, 0.15) is 0 Å². The smallest absolute Gasteiger partial charge is 0.0338 e. The fourth-order valence-corrected chi connectivity index (χ4v) is 2.65. The van der Waals surface area contributed by atoms with Gasteiger partial charge in [-0.2, -0.15) is 0 Å². The summed E-state index contributed by atoms with van der Waals surface area (Å²) in [6.45, 7) is 4.52. The second-order valence-electron chi connectivity index (χ2n) is 3.51. The second-order valence-corrected chi connectivity index (χ2v) is 5.21. The average molecular weight is 164 g/mol. The monoisotopic (exact) mass is 164 g/mol. The van der Waals surface area contributed by atoms with Crippen LogP contribution in [0, 0.1) is 0 Å². The highest BCUT2D eigenvalue weighted by molar-refractivity contribution is 8.05. The van der Waals surface area contributed by atoms with Crippen LogP contribution in [0.5, 0.6) is 0 Å². The number of allylic oxidation sites excluding steroid dienone is 4. The van der Waals surface area contributed by atoms with Crippen molar-refractivity contribution < 1.29 is 0 Å². The number of hydrogen-bond donors (Lipinski definition) is 0. The van der Waals surface area contributed by atoms with E-state index < -0.39 is 0 Å². The third-order valence-corrected chi connectivity index (χ3v) is 3.16. The van der Waals surface area contributed by atoms with E-state index in [2.05, 4.69) is 38.2 Å². The molecule has 0 saturated carbocycles. The van der Waals surface area contributed by atoms with Crippen LogP contribution in [0.1, 0.15) is 20.3 Å². The molecule has 0 bridgehead atoms. The van der Waals surface area contributed by atoms with Crippen molar-refractivity contribution in [1.82, 2.24) is 0 Å². The molecule has 0 saturated heterocycles. The molecule has 0 aromatic rings. The zero-order valence-corrected chi connectivity index (χ0v) is 7.74. The number of rotatable bonds is 0. The van der Waals surface area contributed by atoms with Crippen LogP contribution in [-0.4, -0.2) is 4.75 Å². The highest BCUT2D eigenvalue weighted by Gasteiger charge is 2.26. The molecule has 1 aliphatic heterocycles. The lowest BCUT2D eigenvalue weighted by molar-refractivity contribution is 0.908. The quantitative estimate of drug-likeness (QED) is 0.529. The van der Waals surface area contributed by atoms with Gasteiger partial charge in [-0.05, 0) is 25.8 Å². The van der Waals surface area contributed by atoms with Crippen LogP contribution in [0.3, 0.4) is 0 Å². The Morgan fingerprint density at radius 2 is 2.27 bits per heavy atom. The zero-order valence-electron chi connectivity index (χ0n) is 6.92. The number of hydrogen-bond acceptors (Lipinski definition) is 1. The van der Waals surface area contributed by atoms with Gasteiger partial charge in [0.2, 0.25) is 0 Å². The summed E-state index contributed by atoms with van der Waals surface area (Å²) >= 11 is 1.97. The van der Waals surface area contributed by atoms with Crippen LogP contribution in [0.2, 0.25) is 0 Å². The topological polar surface area (TPSA) is 0 Å². The summed E-state index contributed by atoms with van der Waals surface area (Å²) in [4.78, 5) is 1.47. The minimum absolute atomic E-state index is 0.315. The lowest BCUT2D eigenvalue weighted by Crippen LogP contribution is -2.04. The van der Waals surface area contributed by atoms with Gasteiger partial charge in [0.25, 0.3) is 0 Å². The van der Waals surface area contributed by atoms with Gasteiger partial charge in [0, 0.05) is 9.65 Å². The molecule has 58 valence electrons. The SMILES string of the molecule is CC1(C)C=C2C=CCC=C2S1. The molecule has 2 aliphatic rings. The molecule has 0 aromatic carbocycles. The highest BCUT2D eigenvalue weighted by Crippen LogP contribution is 2.46. The molecule has 0 spiro atoms. The fraction of sp³-hybridized carbons (Fsp3) is 0.400. The first-order valence-corrected chi connectivity index (χ1v) is 4.78. The molecule has 0 atom stereocenters. The Bertz CT molecular complexity index is 267. The third-order valence-electron chi connectivity index (χ3n) is 1.90. The van der Waals surface area contributed by atoms with Crippen molar-refractivity contribution in [3.05, 3.63) is 34.8 Å². The van der Waals surface area contributed by atoms with Crippen molar-refractivity contribution in [3.63, 3.8) is 0 Å². The Kier molecular flexibility index (Phi) is 1.50. The normalized spacial score (nSPS) is 26.0. The maximum Gasteiger partial charge on any atom is 0.0338 e. The molecule has 1 heterocycles. The van der Waals surface area contributed by atoms with Crippen LogP contribution >= 0.6 is 11.8 Å². The van der Waals surface area contributed by atoms with Gasteiger partial charge in [-0.1, -0.05) is 24.3 Å². The molecule has 1 heteroatoms. The maximum absolute atomic E-state index is 2.35. The van der Waals surface area contributed by atoms with E-state index in [4.69, 9.17) is 0 Å². The maximum atomic E-state index is 2.35. The highest BCUT2D eigenvalue weighted by atomic mass is 32.2. The van der Waals surface area contributed by atoms with Crippen LogP contribution < -0.4 is 0 Å². The Morgan fingerprint density at radius 3 is 3.00 bits per heavy atom. The summed E-state index contributed by atoms with van der Waals surface area (Å²) < 4.78 is 0.315. The first-order chi connectivity index (χ1) is 5.17. The van der Waals surface area contributed by atoms with Gasteiger partial charge in [-0.3, -0.25) is 0 Å². The largest absolute Gasteiger partial charge is 0.115 e. The molecule has 2 rings (SSSR count). The van der Waals surface area contributed by atoms with Crippen LogP contribution in [0.15, 0.2) is 34.8 Å². The molecular weight excluding hydrogens is 152 g/mol. The lowest BCUT2D eigenvalue weighted by atomic mass is 10.1. The fourth-order valence-electron chi connectivity index (χ4n) is 1.48. The van der Waals surface area contributed by atoms with E-state index in [-0.39, 0.29) is 0 Å².